The summed E-state index contributed by atoms with van der Waals surface area (Å²) in [6.07, 6.45) is 11.2. The lowest BCUT2D eigenvalue weighted by Crippen LogP contribution is -2.49. The average Bonchev–Trinajstić information content (AvgIpc) is 2.83. The number of piperazine rings is 1. The SMILES string of the molecule is CCCSc1nc(N2CCN(S(C)(=O)=O)CC2)ncc1C(=O)NC1CCC2CC(CC)CC1C2. The Balaban J connectivity index is 1.46. The molecule has 0 aromatic carbocycles. The lowest BCUT2D eigenvalue weighted by atomic mass is 9.65. The van der Waals surface area contributed by atoms with Crippen LogP contribution < -0.4 is 10.2 Å². The quantitative estimate of drug-likeness (QED) is 0.424. The molecule has 3 aliphatic rings. The Labute approximate surface area is 208 Å². The Morgan fingerprint density at radius 2 is 1.91 bits per heavy atom. The highest BCUT2D eigenvalue weighted by Crippen LogP contribution is 2.43. The maximum Gasteiger partial charge on any atom is 0.255 e. The third kappa shape index (κ3) is 6.05. The number of sulfonamides is 1. The van der Waals surface area contributed by atoms with Gasteiger partial charge in [0.25, 0.3) is 5.91 Å². The maximum atomic E-state index is 13.4. The molecule has 1 amide bonds. The van der Waals surface area contributed by atoms with Crippen molar-refractivity contribution in [2.24, 2.45) is 17.8 Å². The first-order valence-corrected chi connectivity index (χ1v) is 15.6. The van der Waals surface area contributed by atoms with Gasteiger partial charge in [-0.05, 0) is 62.0 Å². The van der Waals surface area contributed by atoms with Gasteiger partial charge in [0, 0.05) is 38.4 Å². The molecule has 2 saturated carbocycles. The fourth-order valence-corrected chi connectivity index (χ4v) is 7.47. The summed E-state index contributed by atoms with van der Waals surface area (Å²) in [5.41, 5.74) is 0.557. The van der Waals surface area contributed by atoms with Gasteiger partial charge in [-0.15, -0.1) is 11.8 Å². The van der Waals surface area contributed by atoms with Gasteiger partial charge < -0.3 is 10.2 Å². The van der Waals surface area contributed by atoms with Crippen LogP contribution in [0.4, 0.5) is 5.95 Å². The fourth-order valence-electron chi connectivity index (χ4n) is 5.80. The minimum Gasteiger partial charge on any atom is -0.349 e. The molecule has 2 aliphatic carbocycles. The molecule has 2 bridgehead atoms. The zero-order valence-electron chi connectivity index (χ0n) is 20.7. The first kappa shape index (κ1) is 25.7. The monoisotopic (exact) mass is 509 g/mol. The highest BCUT2D eigenvalue weighted by Gasteiger charge is 2.38. The van der Waals surface area contributed by atoms with E-state index in [1.165, 1.54) is 42.7 Å². The molecule has 1 aromatic heterocycles. The minimum absolute atomic E-state index is 0.0610. The number of thioether (sulfide) groups is 1. The smallest absolute Gasteiger partial charge is 0.255 e. The summed E-state index contributed by atoms with van der Waals surface area (Å²) in [6, 6.07) is 0.242. The summed E-state index contributed by atoms with van der Waals surface area (Å²) >= 11 is 1.60. The summed E-state index contributed by atoms with van der Waals surface area (Å²) in [4.78, 5) is 24.7. The topological polar surface area (TPSA) is 95.5 Å². The van der Waals surface area contributed by atoms with Gasteiger partial charge in [0.05, 0.1) is 11.8 Å². The highest BCUT2D eigenvalue weighted by molar-refractivity contribution is 7.99. The van der Waals surface area contributed by atoms with Crippen LogP contribution in [0.15, 0.2) is 11.2 Å². The van der Waals surface area contributed by atoms with Crippen molar-refractivity contribution in [2.75, 3.05) is 43.1 Å². The molecule has 3 fully saturated rings. The van der Waals surface area contributed by atoms with E-state index in [-0.39, 0.29) is 11.9 Å². The molecule has 34 heavy (non-hydrogen) atoms. The van der Waals surface area contributed by atoms with Gasteiger partial charge in [0.15, 0.2) is 0 Å². The summed E-state index contributed by atoms with van der Waals surface area (Å²) in [6.45, 7) is 6.33. The van der Waals surface area contributed by atoms with Gasteiger partial charge in [-0.2, -0.15) is 4.31 Å². The van der Waals surface area contributed by atoms with Gasteiger partial charge in [-0.3, -0.25) is 4.79 Å². The Morgan fingerprint density at radius 1 is 1.15 bits per heavy atom. The molecule has 10 heteroatoms. The number of anilines is 1. The van der Waals surface area contributed by atoms with Crippen molar-refractivity contribution in [3.63, 3.8) is 0 Å². The molecule has 4 rings (SSSR count). The van der Waals surface area contributed by atoms with Crippen LogP contribution in [-0.4, -0.2) is 72.8 Å². The molecule has 190 valence electrons. The molecule has 8 nitrogen and oxygen atoms in total. The minimum atomic E-state index is -3.19. The zero-order valence-corrected chi connectivity index (χ0v) is 22.3. The van der Waals surface area contributed by atoms with Crippen molar-refractivity contribution in [3.05, 3.63) is 11.8 Å². The van der Waals surface area contributed by atoms with Crippen LogP contribution in [0.2, 0.25) is 0 Å². The first-order chi connectivity index (χ1) is 16.3. The third-order valence-corrected chi connectivity index (χ3v) is 10.2. The van der Waals surface area contributed by atoms with E-state index in [4.69, 9.17) is 4.98 Å². The molecule has 0 spiro atoms. The van der Waals surface area contributed by atoms with Gasteiger partial charge in [0.2, 0.25) is 16.0 Å². The van der Waals surface area contributed by atoms with E-state index in [1.54, 1.807) is 18.0 Å². The number of fused-ring (bicyclic) bond motifs is 2. The van der Waals surface area contributed by atoms with Crippen molar-refractivity contribution >= 4 is 33.6 Å². The number of carbonyl (C=O) groups is 1. The second-order valence-electron chi connectivity index (χ2n) is 10.2. The molecule has 1 aliphatic heterocycles. The van der Waals surface area contributed by atoms with Gasteiger partial charge in [0.1, 0.15) is 5.03 Å². The van der Waals surface area contributed by atoms with Crippen molar-refractivity contribution in [2.45, 2.75) is 69.9 Å². The number of nitrogens with one attached hydrogen (secondary N) is 1. The lowest BCUT2D eigenvalue weighted by Gasteiger charge is -2.43. The van der Waals surface area contributed by atoms with Gasteiger partial charge >= 0.3 is 0 Å². The molecule has 1 saturated heterocycles. The molecule has 1 aromatic rings. The van der Waals surface area contributed by atoms with E-state index in [0.29, 0.717) is 43.6 Å². The lowest BCUT2D eigenvalue weighted by molar-refractivity contribution is 0.0763. The Hall–Kier alpha value is -1.39. The van der Waals surface area contributed by atoms with Gasteiger partial charge in [-0.1, -0.05) is 20.3 Å². The summed E-state index contributed by atoms with van der Waals surface area (Å²) in [5.74, 6) is 3.60. The number of amides is 1. The predicted octanol–water partition coefficient (Wildman–Crippen LogP) is 3.40. The molecular formula is C24H39N5O3S2. The first-order valence-electron chi connectivity index (χ1n) is 12.8. The number of carbonyl (C=O) groups excluding carboxylic acids is 1. The van der Waals surface area contributed by atoms with E-state index >= 15 is 0 Å². The number of hydrogen-bond donors (Lipinski definition) is 1. The van der Waals surface area contributed by atoms with Crippen molar-refractivity contribution < 1.29 is 13.2 Å². The maximum absolute atomic E-state index is 13.4. The van der Waals surface area contributed by atoms with Crippen molar-refractivity contribution in [1.82, 2.24) is 19.6 Å². The molecule has 0 radical (unpaired) electrons. The highest BCUT2D eigenvalue weighted by atomic mass is 32.2. The Bertz CT molecular complexity index is 965. The summed E-state index contributed by atoms with van der Waals surface area (Å²) in [7, 11) is -3.19. The normalized spacial score (nSPS) is 28.0. The number of nitrogens with zero attached hydrogens (tertiary/aromatic N) is 4. The number of aromatic nitrogens is 2. The van der Waals surface area contributed by atoms with Crippen LogP contribution in [-0.2, 0) is 10.0 Å². The summed E-state index contributed by atoms with van der Waals surface area (Å²) < 4.78 is 25.1. The van der Waals surface area contributed by atoms with E-state index in [2.05, 4.69) is 24.1 Å². The Kier molecular flexibility index (Phi) is 8.40. The van der Waals surface area contributed by atoms with E-state index in [9.17, 15) is 13.2 Å². The zero-order chi connectivity index (χ0) is 24.3. The molecule has 2 heterocycles. The van der Waals surface area contributed by atoms with E-state index in [0.717, 1.165) is 35.5 Å². The van der Waals surface area contributed by atoms with Crippen molar-refractivity contribution in [3.8, 4) is 0 Å². The average molecular weight is 510 g/mol. The van der Waals surface area contributed by atoms with Gasteiger partial charge in [-0.25, -0.2) is 18.4 Å². The van der Waals surface area contributed by atoms with E-state index < -0.39 is 10.0 Å². The molecule has 4 unspecified atom stereocenters. The second kappa shape index (κ2) is 11.1. The Morgan fingerprint density at radius 3 is 2.59 bits per heavy atom. The van der Waals surface area contributed by atoms with Crippen LogP contribution in [0.25, 0.3) is 0 Å². The number of rotatable bonds is 8. The van der Waals surface area contributed by atoms with Crippen LogP contribution in [0.5, 0.6) is 0 Å². The third-order valence-electron chi connectivity index (χ3n) is 7.71. The summed E-state index contributed by atoms with van der Waals surface area (Å²) in [5, 5.41) is 4.08. The second-order valence-corrected chi connectivity index (χ2v) is 13.2. The standard InChI is InChI=1S/C24H39N5O3S2/c1-4-12-33-23-20(16-25-24(27-23)28-8-10-29(11-9-28)34(3,31)32)22(30)26-21-7-6-18-13-17(5-2)14-19(21)15-18/h16-19,21H,4-15H2,1-3H3,(H,26,30). The largest absolute Gasteiger partial charge is 0.349 e. The number of hydrogen-bond acceptors (Lipinski definition) is 7. The van der Waals surface area contributed by atoms with E-state index in [1.807, 2.05) is 4.90 Å². The van der Waals surface area contributed by atoms with Crippen LogP contribution in [0.1, 0.15) is 69.2 Å². The molecule has 1 N–H and O–H groups in total. The predicted molar refractivity (Wildman–Crippen MR) is 137 cm³/mol. The molecule has 4 atom stereocenters. The van der Waals surface area contributed by atoms with Crippen LogP contribution in [0, 0.1) is 17.8 Å². The fraction of sp³-hybridized carbons (Fsp3) is 0.792. The van der Waals surface area contributed by atoms with Crippen LogP contribution >= 0.6 is 11.8 Å². The molecular weight excluding hydrogens is 470 g/mol. The van der Waals surface area contributed by atoms with Crippen LogP contribution in [0.3, 0.4) is 0 Å². The van der Waals surface area contributed by atoms with Crippen molar-refractivity contribution in [1.29, 1.82) is 0 Å².